The van der Waals surface area contributed by atoms with Crippen LogP contribution in [0.3, 0.4) is 0 Å². The Morgan fingerprint density at radius 1 is 1.06 bits per heavy atom. The summed E-state index contributed by atoms with van der Waals surface area (Å²) in [6.07, 6.45) is 2.49. The fourth-order valence-electron chi connectivity index (χ4n) is 2.80. The van der Waals surface area contributed by atoms with Gasteiger partial charge in [0.2, 0.25) is 0 Å². The van der Waals surface area contributed by atoms with Gasteiger partial charge in [0.25, 0.3) is 0 Å². The van der Waals surface area contributed by atoms with Crippen molar-refractivity contribution in [2.45, 2.75) is 51.4 Å². The van der Waals surface area contributed by atoms with Crippen LogP contribution >= 0.6 is 11.6 Å². The van der Waals surface area contributed by atoms with Gasteiger partial charge >= 0.3 is 0 Å². The van der Waals surface area contributed by atoms with E-state index in [1.807, 2.05) is 0 Å². The number of hydrogen-bond acceptors (Lipinski definition) is 0. The van der Waals surface area contributed by atoms with Crippen LogP contribution in [0.5, 0.6) is 0 Å². The van der Waals surface area contributed by atoms with Gasteiger partial charge in [0.1, 0.15) is 0 Å². The van der Waals surface area contributed by atoms with Gasteiger partial charge in [-0.3, -0.25) is 0 Å². The Bertz CT molecular complexity index is 512. The average Bonchev–Trinajstić information content (AvgIpc) is 2.32. The minimum absolute atomic E-state index is 0.253. The lowest BCUT2D eigenvalue weighted by Crippen LogP contribution is -2.33. The quantitative estimate of drug-likeness (QED) is 0.471. The normalized spacial score (nSPS) is 19.6. The molecule has 1 aromatic carbocycles. The van der Waals surface area contributed by atoms with Crippen LogP contribution in [0, 0.1) is 11.8 Å². The Labute approximate surface area is 116 Å². The largest absolute Gasteiger partial charge is 0.113 e. The van der Waals surface area contributed by atoms with Gasteiger partial charge in [-0.2, -0.15) is 0 Å². The van der Waals surface area contributed by atoms with Crippen molar-refractivity contribution in [1.82, 2.24) is 0 Å². The lowest BCUT2D eigenvalue weighted by atomic mass is 9.63. The molecule has 2 rings (SSSR count). The Morgan fingerprint density at radius 3 is 2.28 bits per heavy atom. The third-order valence-corrected chi connectivity index (χ3v) is 4.29. The summed E-state index contributed by atoms with van der Waals surface area (Å²) in [4.78, 5) is 0. The van der Waals surface area contributed by atoms with Gasteiger partial charge in [-0.05, 0) is 46.9 Å². The fraction of sp³-hybridized carbons (Fsp3) is 0.529. The van der Waals surface area contributed by atoms with Crippen molar-refractivity contribution >= 4 is 11.6 Å². The maximum atomic E-state index is 5.62. The van der Waals surface area contributed by atoms with E-state index in [4.69, 9.17) is 11.6 Å². The second kappa shape index (κ2) is 4.63. The van der Waals surface area contributed by atoms with E-state index in [-0.39, 0.29) is 10.8 Å². The van der Waals surface area contributed by atoms with Crippen LogP contribution in [-0.4, -0.2) is 5.88 Å². The van der Waals surface area contributed by atoms with Gasteiger partial charge in [0.15, 0.2) is 0 Å². The Hall–Kier alpha value is -0.930. The molecule has 0 atom stereocenters. The zero-order valence-electron chi connectivity index (χ0n) is 11.7. The number of benzene rings is 1. The molecule has 0 spiro atoms. The van der Waals surface area contributed by atoms with Crippen LogP contribution in [0.4, 0.5) is 0 Å². The van der Waals surface area contributed by atoms with Crippen molar-refractivity contribution in [3.63, 3.8) is 0 Å². The summed E-state index contributed by atoms with van der Waals surface area (Å²) >= 11 is 5.62. The van der Waals surface area contributed by atoms with Gasteiger partial charge in [0, 0.05) is 5.56 Å². The molecule has 0 aromatic heterocycles. The molecule has 0 aliphatic heterocycles. The first-order chi connectivity index (χ1) is 8.37. The molecule has 1 heteroatoms. The van der Waals surface area contributed by atoms with Crippen LogP contribution in [0.25, 0.3) is 0 Å². The molecule has 0 bridgehead atoms. The Balaban J connectivity index is 2.55. The van der Waals surface area contributed by atoms with Crippen LogP contribution in [0.15, 0.2) is 18.2 Å². The van der Waals surface area contributed by atoms with E-state index >= 15 is 0 Å². The second-order valence-electron chi connectivity index (χ2n) is 6.46. The van der Waals surface area contributed by atoms with Gasteiger partial charge in [-0.25, -0.2) is 0 Å². The molecular weight excluding hydrogens is 240 g/mol. The molecule has 0 fully saturated rings. The molecule has 1 aromatic rings. The summed E-state index contributed by atoms with van der Waals surface area (Å²) in [5, 5.41) is 0. The number of fused-ring (bicyclic) bond motifs is 1. The summed E-state index contributed by atoms with van der Waals surface area (Å²) in [5.41, 5.74) is 4.56. The third-order valence-electron chi connectivity index (χ3n) is 4.15. The van der Waals surface area contributed by atoms with E-state index < -0.39 is 0 Å². The predicted molar refractivity (Wildman–Crippen MR) is 79.3 cm³/mol. The zero-order chi connectivity index (χ0) is 13.4. The van der Waals surface area contributed by atoms with Gasteiger partial charge in [-0.1, -0.05) is 45.6 Å². The van der Waals surface area contributed by atoms with Crippen molar-refractivity contribution in [1.29, 1.82) is 0 Å². The lowest BCUT2D eigenvalue weighted by molar-refractivity contribution is 0.332. The maximum absolute atomic E-state index is 5.62. The fourth-order valence-corrected chi connectivity index (χ4v) is 2.87. The Morgan fingerprint density at radius 2 is 1.67 bits per heavy atom. The number of halogens is 1. The topological polar surface area (TPSA) is 0 Å². The van der Waals surface area contributed by atoms with E-state index in [1.54, 1.807) is 0 Å². The number of alkyl halides is 1. The first-order valence-corrected chi connectivity index (χ1v) is 7.10. The van der Waals surface area contributed by atoms with Gasteiger partial charge < -0.3 is 0 Å². The molecule has 96 valence electrons. The van der Waals surface area contributed by atoms with Gasteiger partial charge in [0.05, 0.1) is 5.88 Å². The number of rotatable bonds is 0. The van der Waals surface area contributed by atoms with Crippen molar-refractivity contribution in [2.75, 3.05) is 5.88 Å². The Kier molecular flexibility index (Phi) is 3.47. The molecule has 18 heavy (non-hydrogen) atoms. The van der Waals surface area contributed by atoms with Crippen molar-refractivity contribution < 1.29 is 0 Å². The molecular formula is C17H21Cl. The van der Waals surface area contributed by atoms with Crippen LogP contribution in [0.2, 0.25) is 0 Å². The van der Waals surface area contributed by atoms with Crippen molar-refractivity contribution in [3.8, 4) is 11.8 Å². The third kappa shape index (κ3) is 2.43. The molecule has 0 saturated carbocycles. The molecule has 0 saturated heterocycles. The summed E-state index contributed by atoms with van der Waals surface area (Å²) in [6.45, 7) is 9.34. The molecule has 0 radical (unpaired) electrons. The highest BCUT2D eigenvalue weighted by atomic mass is 35.5. The molecule has 0 heterocycles. The molecule has 1 aliphatic carbocycles. The lowest BCUT2D eigenvalue weighted by Gasteiger charge is -2.41. The summed E-state index contributed by atoms with van der Waals surface area (Å²) in [6, 6.07) is 6.64. The predicted octanol–water partition coefficient (Wildman–Crippen LogP) is 4.63. The van der Waals surface area contributed by atoms with E-state index in [0.29, 0.717) is 5.88 Å². The summed E-state index contributed by atoms with van der Waals surface area (Å²) < 4.78 is 0. The molecule has 0 nitrogen and oxygen atoms in total. The van der Waals surface area contributed by atoms with E-state index in [1.165, 1.54) is 24.0 Å². The monoisotopic (exact) mass is 260 g/mol. The minimum Gasteiger partial charge on any atom is -0.113 e. The molecule has 0 unspecified atom stereocenters. The standard InChI is InChI=1S/C17H21Cl/c1-16(2)9-10-17(3,4)15-12-13(6-5-11-18)7-8-14(15)16/h7-8,12H,9-11H2,1-4H3. The molecule has 0 amide bonds. The first-order valence-electron chi connectivity index (χ1n) is 6.57. The van der Waals surface area contributed by atoms with Crippen LogP contribution < -0.4 is 0 Å². The first kappa shape index (κ1) is 13.5. The highest BCUT2D eigenvalue weighted by Crippen LogP contribution is 2.45. The average molecular weight is 261 g/mol. The van der Waals surface area contributed by atoms with E-state index in [9.17, 15) is 0 Å². The second-order valence-corrected chi connectivity index (χ2v) is 6.73. The number of hydrogen-bond donors (Lipinski definition) is 0. The van der Waals surface area contributed by atoms with E-state index in [2.05, 4.69) is 57.7 Å². The van der Waals surface area contributed by atoms with Crippen LogP contribution in [-0.2, 0) is 10.8 Å². The zero-order valence-corrected chi connectivity index (χ0v) is 12.5. The smallest absolute Gasteiger partial charge is 0.0839 e. The van der Waals surface area contributed by atoms with Crippen molar-refractivity contribution in [3.05, 3.63) is 34.9 Å². The molecule has 0 N–H and O–H groups in total. The van der Waals surface area contributed by atoms with Crippen molar-refractivity contribution in [2.24, 2.45) is 0 Å². The SMILES string of the molecule is CC1(C)CCC(C)(C)c2cc(C#CCCl)ccc21. The highest BCUT2D eigenvalue weighted by Gasteiger charge is 2.36. The summed E-state index contributed by atoms with van der Waals surface area (Å²) in [7, 11) is 0. The van der Waals surface area contributed by atoms with Gasteiger partial charge in [-0.15, -0.1) is 11.6 Å². The maximum Gasteiger partial charge on any atom is 0.0839 e. The minimum atomic E-state index is 0.253. The summed E-state index contributed by atoms with van der Waals surface area (Å²) in [5.74, 6) is 6.46. The van der Waals surface area contributed by atoms with E-state index in [0.717, 1.165) is 5.56 Å². The highest BCUT2D eigenvalue weighted by molar-refractivity contribution is 6.19. The molecule has 1 aliphatic rings. The van der Waals surface area contributed by atoms with Crippen LogP contribution in [0.1, 0.15) is 57.2 Å².